The first kappa shape index (κ1) is 21.5. The highest BCUT2D eigenvalue weighted by atomic mass is 16.6. The van der Waals surface area contributed by atoms with Crippen LogP contribution in [0.1, 0.15) is 35.1 Å². The Hall–Kier alpha value is -3.75. The van der Waals surface area contributed by atoms with Crippen molar-refractivity contribution in [1.29, 1.82) is 0 Å². The fourth-order valence-electron chi connectivity index (χ4n) is 5.43. The predicted octanol–water partition coefficient (Wildman–Crippen LogP) is 3.97. The van der Waals surface area contributed by atoms with Gasteiger partial charge in [-0.2, -0.15) is 0 Å². The minimum Gasteiger partial charge on any atom is -0.486 e. The zero-order valence-corrected chi connectivity index (χ0v) is 19.5. The Kier molecular flexibility index (Phi) is 5.22. The Morgan fingerprint density at radius 2 is 1.25 bits per heavy atom. The molecule has 3 aromatic rings. The van der Waals surface area contributed by atoms with Crippen molar-refractivity contribution >= 4 is 5.97 Å². The van der Waals surface area contributed by atoms with Crippen molar-refractivity contribution in [3.05, 3.63) is 83.4 Å². The van der Waals surface area contributed by atoms with E-state index in [0.29, 0.717) is 49.4 Å². The standard InChI is InChI=1S/C28H25NO7/c30-28-25-26(18-6-8-21-23(14-18)33-12-10-31-21)36-27(19-7-9-22-24(15-19)34-13-11-32-22)29(25)20(16-35-28)17-4-2-1-3-5-17/h1-9,14-15,20,25-27H,10-13,16H2. The zero-order chi connectivity index (χ0) is 24.1. The topological polar surface area (TPSA) is 75.7 Å². The maximum atomic E-state index is 13.3. The Balaban J connectivity index is 1.32. The fourth-order valence-corrected chi connectivity index (χ4v) is 5.43. The van der Waals surface area contributed by atoms with Gasteiger partial charge in [-0.25, -0.2) is 4.90 Å². The second kappa shape index (κ2) is 8.72. The molecule has 0 saturated carbocycles. The van der Waals surface area contributed by atoms with Crippen molar-refractivity contribution in [2.24, 2.45) is 0 Å². The molecule has 184 valence electrons. The lowest BCUT2D eigenvalue weighted by atomic mass is 9.96. The Bertz CT molecular complexity index is 1300. The van der Waals surface area contributed by atoms with E-state index in [2.05, 4.69) is 17.0 Å². The van der Waals surface area contributed by atoms with Gasteiger partial charge in [-0.3, -0.25) is 4.79 Å². The summed E-state index contributed by atoms with van der Waals surface area (Å²) in [7, 11) is 0. The molecule has 8 nitrogen and oxygen atoms in total. The number of ether oxygens (including phenoxy) is 6. The number of hydrogen-bond donors (Lipinski definition) is 0. The van der Waals surface area contributed by atoms with Crippen molar-refractivity contribution < 1.29 is 33.2 Å². The molecule has 2 fully saturated rings. The third kappa shape index (κ3) is 3.56. The van der Waals surface area contributed by atoms with Crippen LogP contribution in [0.5, 0.6) is 23.0 Å². The van der Waals surface area contributed by atoms with Crippen LogP contribution in [0.3, 0.4) is 0 Å². The Labute approximate surface area is 208 Å². The van der Waals surface area contributed by atoms with Gasteiger partial charge in [0.05, 0.1) is 6.04 Å². The number of rotatable bonds is 3. The molecule has 36 heavy (non-hydrogen) atoms. The van der Waals surface area contributed by atoms with Gasteiger partial charge in [0.1, 0.15) is 51.4 Å². The van der Waals surface area contributed by atoms with E-state index in [1.54, 1.807) is 0 Å². The highest BCUT2D eigenvalue weighted by Gasteiger charge is 2.54. The number of carbonyl (C=O) groups excluding carboxylic acids is 1. The molecule has 4 unspecified atom stereocenters. The molecule has 0 amide bonds. The first-order valence-corrected chi connectivity index (χ1v) is 12.2. The van der Waals surface area contributed by atoms with Gasteiger partial charge in [-0.05, 0) is 41.0 Å². The van der Waals surface area contributed by atoms with Gasteiger partial charge in [-0.1, -0.05) is 42.5 Å². The first-order valence-electron chi connectivity index (χ1n) is 12.2. The molecule has 0 radical (unpaired) electrons. The minimum absolute atomic E-state index is 0.172. The third-order valence-electron chi connectivity index (χ3n) is 7.07. The van der Waals surface area contributed by atoms with Crippen LogP contribution in [0, 0.1) is 0 Å². The van der Waals surface area contributed by atoms with E-state index in [1.807, 2.05) is 54.6 Å². The molecule has 4 aliphatic heterocycles. The van der Waals surface area contributed by atoms with Crippen LogP contribution in [-0.2, 0) is 14.3 Å². The van der Waals surface area contributed by atoms with Crippen molar-refractivity contribution in [2.75, 3.05) is 33.0 Å². The zero-order valence-electron chi connectivity index (χ0n) is 19.5. The molecule has 3 aromatic carbocycles. The molecular weight excluding hydrogens is 462 g/mol. The molecule has 0 bridgehead atoms. The summed E-state index contributed by atoms with van der Waals surface area (Å²) in [5.41, 5.74) is 2.78. The number of benzene rings is 3. The molecule has 4 aliphatic rings. The van der Waals surface area contributed by atoms with E-state index in [4.69, 9.17) is 28.4 Å². The maximum absolute atomic E-state index is 13.3. The van der Waals surface area contributed by atoms with E-state index in [9.17, 15) is 4.79 Å². The lowest BCUT2D eigenvalue weighted by Crippen LogP contribution is -2.49. The summed E-state index contributed by atoms with van der Waals surface area (Å²) < 4.78 is 35.5. The number of carbonyl (C=O) groups is 1. The van der Waals surface area contributed by atoms with Gasteiger partial charge >= 0.3 is 5.97 Å². The quantitative estimate of drug-likeness (QED) is 0.514. The van der Waals surface area contributed by atoms with E-state index >= 15 is 0 Å². The van der Waals surface area contributed by atoms with Gasteiger partial charge in [-0.15, -0.1) is 0 Å². The van der Waals surface area contributed by atoms with Crippen LogP contribution in [0.15, 0.2) is 66.7 Å². The molecular formula is C28H25NO7. The van der Waals surface area contributed by atoms with Crippen LogP contribution in [0.25, 0.3) is 0 Å². The van der Waals surface area contributed by atoms with Crippen molar-refractivity contribution in [1.82, 2.24) is 4.90 Å². The number of cyclic esters (lactones) is 1. The van der Waals surface area contributed by atoms with Gasteiger partial charge in [0, 0.05) is 0 Å². The molecule has 0 spiro atoms. The summed E-state index contributed by atoms with van der Waals surface area (Å²) in [6.45, 7) is 2.26. The van der Waals surface area contributed by atoms with Crippen LogP contribution >= 0.6 is 0 Å². The summed E-state index contributed by atoms with van der Waals surface area (Å²) >= 11 is 0. The van der Waals surface area contributed by atoms with Crippen LogP contribution < -0.4 is 18.9 Å². The molecule has 8 heteroatoms. The van der Waals surface area contributed by atoms with Crippen LogP contribution in [-0.4, -0.2) is 49.9 Å². The van der Waals surface area contributed by atoms with Crippen molar-refractivity contribution in [3.63, 3.8) is 0 Å². The average Bonchev–Trinajstić information content (AvgIpc) is 3.35. The predicted molar refractivity (Wildman–Crippen MR) is 127 cm³/mol. The average molecular weight is 488 g/mol. The van der Waals surface area contributed by atoms with Gasteiger partial charge in [0.25, 0.3) is 0 Å². The monoisotopic (exact) mass is 487 g/mol. The first-order chi connectivity index (χ1) is 17.8. The number of hydrogen-bond acceptors (Lipinski definition) is 8. The maximum Gasteiger partial charge on any atom is 0.326 e. The number of morpholine rings is 1. The highest BCUT2D eigenvalue weighted by molar-refractivity contribution is 5.78. The largest absolute Gasteiger partial charge is 0.486 e. The summed E-state index contributed by atoms with van der Waals surface area (Å²) in [6.07, 6.45) is -1.06. The molecule has 4 atom stereocenters. The number of fused-ring (bicyclic) bond motifs is 3. The van der Waals surface area contributed by atoms with Gasteiger partial charge < -0.3 is 28.4 Å². The molecule has 0 aromatic heterocycles. The second-order valence-electron chi connectivity index (χ2n) is 9.16. The molecule has 0 N–H and O–H groups in total. The molecule has 2 saturated heterocycles. The van der Waals surface area contributed by atoms with E-state index < -0.39 is 18.4 Å². The molecule has 4 heterocycles. The smallest absolute Gasteiger partial charge is 0.326 e. The van der Waals surface area contributed by atoms with Crippen molar-refractivity contribution in [2.45, 2.75) is 24.4 Å². The summed E-state index contributed by atoms with van der Waals surface area (Å²) in [5, 5.41) is 0. The van der Waals surface area contributed by atoms with E-state index in [1.165, 1.54) is 0 Å². The summed E-state index contributed by atoms with van der Waals surface area (Å²) in [4.78, 5) is 15.4. The minimum atomic E-state index is -0.635. The molecule has 0 aliphatic carbocycles. The normalized spacial score (nSPS) is 26.7. The second-order valence-corrected chi connectivity index (χ2v) is 9.16. The van der Waals surface area contributed by atoms with E-state index in [0.717, 1.165) is 16.7 Å². The lowest BCUT2D eigenvalue weighted by molar-refractivity contribution is -0.163. The van der Waals surface area contributed by atoms with Crippen molar-refractivity contribution in [3.8, 4) is 23.0 Å². The van der Waals surface area contributed by atoms with E-state index in [-0.39, 0.29) is 18.6 Å². The third-order valence-corrected chi connectivity index (χ3v) is 7.07. The Morgan fingerprint density at radius 3 is 1.94 bits per heavy atom. The fraction of sp³-hybridized carbons (Fsp3) is 0.321. The SMILES string of the molecule is O=C1OCC(c2ccccc2)N2C(c3ccc4c(c3)OCCO4)OC(c3ccc4c(c3)OCCO4)C12. The summed E-state index contributed by atoms with van der Waals surface area (Å²) in [5.74, 6) is 2.43. The molecule has 7 rings (SSSR count). The summed E-state index contributed by atoms with van der Waals surface area (Å²) in [6, 6.07) is 20.8. The highest BCUT2D eigenvalue weighted by Crippen LogP contribution is 2.51. The number of esters is 1. The Morgan fingerprint density at radius 1 is 0.639 bits per heavy atom. The van der Waals surface area contributed by atoms with Gasteiger partial charge in [0.2, 0.25) is 0 Å². The lowest BCUT2D eigenvalue weighted by Gasteiger charge is -2.39. The van der Waals surface area contributed by atoms with Gasteiger partial charge in [0.15, 0.2) is 23.0 Å². The van der Waals surface area contributed by atoms with Crippen LogP contribution in [0.4, 0.5) is 0 Å². The number of nitrogens with zero attached hydrogens (tertiary/aromatic N) is 1. The van der Waals surface area contributed by atoms with Crippen LogP contribution in [0.2, 0.25) is 0 Å².